The summed E-state index contributed by atoms with van der Waals surface area (Å²) in [5, 5.41) is 15.6. The van der Waals surface area contributed by atoms with Crippen molar-refractivity contribution in [3.63, 3.8) is 0 Å². The number of H-pyrrole nitrogens is 1. The van der Waals surface area contributed by atoms with E-state index in [9.17, 15) is 37.3 Å². The molecule has 0 spiro atoms. The fraction of sp³-hybridized carbons (Fsp3) is 0.689. The van der Waals surface area contributed by atoms with Crippen LogP contribution in [0.2, 0.25) is 0 Å². The van der Waals surface area contributed by atoms with Crippen molar-refractivity contribution in [1.29, 1.82) is 0 Å². The van der Waals surface area contributed by atoms with Crippen molar-refractivity contribution in [3.05, 3.63) is 71.9 Å². The summed E-state index contributed by atoms with van der Waals surface area (Å²) in [5.41, 5.74) is 6.69. The van der Waals surface area contributed by atoms with E-state index in [1.807, 2.05) is 143 Å². The Morgan fingerprint density at radius 1 is 0.454 bits per heavy atom. The minimum Gasteiger partial charge on any atom is -0.444 e. The third-order valence-electron chi connectivity index (χ3n) is 20.6. The van der Waals surface area contributed by atoms with E-state index in [-0.39, 0.29) is 41.0 Å². The van der Waals surface area contributed by atoms with Crippen molar-refractivity contribution < 1.29 is 56.1 Å². The molecule has 594 valence electrons. The number of benzene rings is 1. The SMILES string of the molecule is CC(C)(C)OC(=O)N1CC2CN(N)CC2C1.CC(C)(C)OC(=O)N1CC2CN(N=O)CC2C1.CC(C)(C)OC(=O)N1CC2CN(Nc3ncnc4[nH]ccc34)CC2C1.CC(C)(C)OC(=O)N1CC2CNCC2C1.Cc1ccc(S(=O)(=O)n2ccc3c(NN4CC5CN(C(=O)OC(C)(C)C)CC5C4)ncnc32)cc1. The van der Waals surface area contributed by atoms with Gasteiger partial charge >= 0.3 is 30.5 Å². The predicted molar refractivity (Wildman–Crippen MR) is 406 cm³/mol. The molecule has 0 aliphatic carbocycles. The van der Waals surface area contributed by atoms with E-state index < -0.39 is 32.4 Å². The number of likely N-dealkylation sites (tertiary alicyclic amines) is 5. The van der Waals surface area contributed by atoms with E-state index in [4.69, 9.17) is 29.5 Å². The summed E-state index contributed by atoms with van der Waals surface area (Å²) in [7, 11) is -3.79. The Hall–Kier alpha value is -8.44. The zero-order valence-corrected chi connectivity index (χ0v) is 66.5. The number of aryl methyl sites for hydroxylation is 1. The van der Waals surface area contributed by atoms with Crippen LogP contribution in [0, 0.1) is 71.0 Å². The molecule has 10 unspecified atom stereocenters. The van der Waals surface area contributed by atoms with Crippen molar-refractivity contribution in [1.82, 2.24) is 78.7 Å². The van der Waals surface area contributed by atoms with Crippen LogP contribution >= 0.6 is 0 Å². The molecule has 4 aromatic heterocycles. The van der Waals surface area contributed by atoms with Gasteiger partial charge in [-0.2, -0.15) is 0 Å². The maximum absolute atomic E-state index is 13.2. The molecule has 10 aliphatic heterocycles. The lowest BCUT2D eigenvalue weighted by Gasteiger charge is -2.26. The normalized spacial score (nSPS) is 25.5. The fourth-order valence-electron chi connectivity index (χ4n) is 15.8. The van der Waals surface area contributed by atoms with Gasteiger partial charge in [0.1, 0.15) is 46.3 Å². The number of nitrogens with two attached hydrogens (primary N) is 1. The lowest BCUT2D eigenvalue weighted by molar-refractivity contribution is 0.0264. The van der Waals surface area contributed by atoms with Crippen molar-refractivity contribution >= 4 is 74.2 Å². The van der Waals surface area contributed by atoms with Crippen LogP contribution in [0.3, 0.4) is 0 Å². The van der Waals surface area contributed by atoms with E-state index in [1.54, 1.807) is 51.5 Å². The first-order chi connectivity index (χ1) is 50.6. The zero-order chi connectivity index (χ0) is 78.2. The molecule has 10 atom stereocenters. The van der Waals surface area contributed by atoms with Gasteiger partial charge in [-0.3, -0.25) is 10.9 Å². The van der Waals surface area contributed by atoms with Gasteiger partial charge in [0.25, 0.3) is 10.0 Å². The number of aromatic amines is 1. The number of hydrazine groups is 3. The predicted octanol–water partition coefficient (Wildman–Crippen LogP) is 8.38. The third-order valence-corrected chi connectivity index (χ3v) is 22.3. The summed E-state index contributed by atoms with van der Waals surface area (Å²) >= 11 is 0. The van der Waals surface area contributed by atoms with Crippen molar-refractivity contribution in [2.24, 2.45) is 70.3 Å². The lowest BCUT2D eigenvalue weighted by atomic mass is 10.0. The Kier molecular flexibility index (Phi) is 24.1. The Balaban J connectivity index is 0.000000140. The first-order valence-corrected chi connectivity index (χ1v) is 39.2. The number of fused-ring (bicyclic) bond motifs is 7. The molecule has 10 aliphatic rings. The maximum Gasteiger partial charge on any atom is 0.410 e. The van der Waals surface area contributed by atoms with Crippen LogP contribution in [0.4, 0.5) is 35.6 Å². The average molecular weight is 1520 g/mol. The highest BCUT2D eigenvalue weighted by Gasteiger charge is 2.47. The van der Waals surface area contributed by atoms with Crippen molar-refractivity contribution in [2.75, 3.05) is 142 Å². The van der Waals surface area contributed by atoms with Gasteiger partial charge in [-0.1, -0.05) is 17.7 Å². The number of anilines is 2. The first kappa shape index (κ1) is 80.6. The molecule has 1 aromatic carbocycles. The highest BCUT2D eigenvalue weighted by molar-refractivity contribution is 7.90. The molecule has 33 nitrogen and oxygen atoms in total. The number of carbonyl (C=O) groups excluding carboxylic acids is 5. The molecule has 0 radical (unpaired) electrons. The Labute approximate surface area is 633 Å². The van der Waals surface area contributed by atoms with Gasteiger partial charge in [0, 0.05) is 155 Å². The van der Waals surface area contributed by atoms with E-state index in [0.717, 1.165) is 114 Å². The molecule has 15 rings (SSSR count). The molecule has 108 heavy (non-hydrogen) atoms. The van der Waals surface area contributed by atoms with Crippen LogP contribution in [0.1, 0.15) is 109 Å². The van der Waals surface area contributed by atoms with Gasteiger partial charge in [-0.05, 0) is 182 Å². The van der Waals surface area contributed by atoms with Crippen LogP contribution in [0.5, 0.6) is 0 Å². The number of carbonyl (C=O) groups is 5. The summed E-state index contributed by atoms with van der Waals surface area (Å²) in [5.74, 6) is 11.7. The van der Waals surface area contributed by atoms with Gasteiger partial charge in [0.15, 0.2) is 17.3 Å². The molecule has 0 saturated carbocycles. The van der Waals surface area contributed by atoms with Gasteiger partial charge in [0.05, 0.1) is 21.0 Å². The van der Waals surface area contributed by atoms with Gasteiger partial charge < -0.3 is 69.3 Å². The number of aromatic nitrogens is 6. The van der Waals surface area contributed by atoms with E-state index in [2.05, 4.69) is 56.4 Å². The minimum absolute atomic E-state index is 0.156. The lowest BCUT2D eigenvalue weighted by Crippen LogP contribution is -2.38. The van der Waals surface area contributed by atoms with E-state index in [1.165, 1.54) is 16.5 Å². The molecule has 34 heteroatoms. The number of ether oxygens (including phenoxy) is 5. The highest BCUT2D eigenvalue weighted by Crippen LogP contribution is 2.38. The Bertz CT molecular complexity index is 4040. The summed E-state index contributed by atoms with van der Waals surface area (Å²) in [4.78, 5) is 100. The van der Waals surface area contributed by atoms with Crippen LogP contribution in [-0.2, 0) is 33.7 Å². The quantitative estimate of drug-likeness (QED) is 0.0580. The fourth-order valence-corrected chi connectivity index (χ4v) is 17.1. The van der Waals surface area contributed by atoms with E-state index >= 15 is 0 Å². The van der Waals surface area contributed by atoms with Gasteiger partial charge in [-0.15, -0.1) is 4.91 Å². The van der Waals surface area contributed by atoms with Gasteiger partial charge in [-0.25, -0.2) is 71.3 Å². The largest absolute Gasteiger partial charge is 0.444 e. The molecule has 0 bridgehead atoms. The number of nitrogens with zero attached hydrogens (tertiary/aromatic N) is 15. The summed E-state index contributed by atoms with van der Waals surface area (Å²) < 4.78 is 54.7. The molecular formula is C74H114N20O13S. The van der Waals surface area contributed by atoms with Crippen LogP contribution in [-0.4, -0.2) is 271 Å². The second kappa shape index (κ2) is 32.2. The topological polar surface area (TPSA) is 359 Å². The standard InChI is InChI=1S/C24H30N6O4S.C17H24N6O2.C11H19N3O3.C11H21N3O2.C11H20N2O2/c1-16-5-7-19(8-6-16)35(32,33)30-10-9-20-21(25-15-26-22(20)30)27-29-13-17-11-28(12-18(17)14-29)23(31)34-24(2,3)4;1-17(2,3)25-16(24)22-6-11-8-23(9-12(11)7-22)21-15-13-4-5-18-14(13)19-10-20-15;1-11(2,3)17-10(15)13-4-8-6-14(12-16)7-9(8)5-13;1-11(2,3)16-10(15)13-4-8-6-14(12)7-9(8)5-13;1-11(2,3)15-10(14)13-6-8-4-12-5-9(8)7-13/h5-10,15,17-18H,11-14H2,1-4H3,(H,25,26,27);4-5,10-12H,6-9H2,1-3H3,(H2,18,19,20,21);8-9H,4-7H2,1-3H3;8-9H,4-7,12H2,1-3H3;8-9,12H,4-7H2,1-3H3. The number of nitrogens with one attached hydrogen (secondary N) is 4. The number of hydrogen-bond donors (Lipinski definition) is 5. The number of hydrogen-bond acceptors (Lipinski definition) is 25. The summed E-state index contributed by atoms with van der Waals surface area (Å²) in [6, 6.07) is 10.4. The molecule has 10 saturated heterocycles. The second-order valence-electron chi connectivity index (χ2n) is 35.5. The first-order valence-electron chi connectivity index (χ1n) is 37.7. The van der Waals surface area contributed by atoms with Crippen molar-refractivity contribution in [2.45, 2.75) is 144 Å². The zero-order valence-electron chi connectivity index (χ0n) is 65.7. The third kappa shape index (κ3) is 20.7. The molecular weight excluding hydrogens is 1410 g/mol. The molecule has 10 fully saturated rings. The number of nitroso groups, excluding NO2 is 1. The molecule has 5 aromatic rings. The summed E-state index contributed by atoms with van der Waals surface area (Å²) in [6.45, 7) is 46.1. The minimum atomic E-state index is -3.79. The van der Waals surface area contributed by atoms with Gasteiger partial charge in [0.2, 0.25) is 0 Å². The molecule has 14 heterocycles. The monoisotopic (exact) mass is 1520 g/mol. The molecule has 5 amide bonds. The van der Waals surface area contributed by atoms with Crippen molar-refractivity contribution in [3.8, 4) is 0 Å². The van der Waals surface area contributed by atoms with Crippen LogP contribution in [0.25, 0.3) is 22.1 Å². The Morgan fingerprint density at radius 2 is 0.796 bits per heavy atom. The van der Waals surface area contributed by atoms with Crippen LogP contribution in [0.15, 0.2) is 71.6 Å². The number of rotatable bonds is 7. The smallest absolute Gasteiger partial charge is 0.410 e. The average Bonchev–Trinajstić information content (AvgIpc) is 1.66. The second-order valence-corrected chi connectivity index (χ2v) is 37.3. The number of amides is 5. The maximum atomic E-state index is 13.2. The Morgan fingerprint density at radius 3 is 1.17 bits per heavy atom. The summed E-state index contributed by atoms with van der Waals surface area (Å²) in [6.07, 6.45) is 5.24. The molecule has 6 N–H and O–H groups in total. The highest BCUT2D eigenvalue weighted by atomic mass is 32.2. The van der Waals surface area contributed by atoms with Crippen LogP contribution < -0.4 is 22.0 Å². The van der Waals surface area contributed by atoms with E-state index in [0.29, 0.717) is 115 Å².